The summed E-state index contributed by atoms with van der Waals surface area (Å²) >= 11 is 0. The van der Waals surface area contributed by atoms with Crippen LogP contribution in [0.1, 0.15) is 31.0 Å². The summed E-state index contributed by atoms with van der Waals surface area (Å²) in [5, 5.41) is 3.46. The molecule has 110 valence electrons. The largest absolute Gasteiger partial charge is 0.325 e. The predicted molar refractivity (Wildman–Crippen MR) is 85.8 cm³/mol. The summed E-state index contributed by atoms with van der Waals surface area (Å²) in [6, 6.07) is 9.07. The Morgan fingerprint density at radius 3 is 2.62 bits per heavy atom. The van der Waals surface area contributed by atoms with Gasteiger partial charge in [0.1, 0.15) is 0 Å². The van der Waals surface area contributed by atoms with Crippen LogP contribution in [-0.4, -0.2) is 22.6 Å². The van der Waals surface area contributed by atoms with Gasteiger partial charge in [0.05, 0.1) is 18.1 Å². The van der Waals surface area contributed by atoms with Gasteiger partial charge in [0, 0.05) is 24.8 Å². The van der Waals surface area contributed by atoms with E-state index in [9.17, 15) is 0 Å². The Morgan fingerprint density at radius 2 is 2.00 bits per heavy atom. The summed E-state index contributed by atoms with van der Waals surface area (Å²) in [5.74, 6) is 0.905. The molecular formula is C17H22N4. The summed E-state index contributed by atoms with van der Waals surface area (Å²) < 4.78 is 0. The molecule has 3 rings (SSSR count). The van der Waals surface area contributed by atoms with Crippen molar-refractivity contribution in [1.29, 1.82) is 0 Å². The highest BCUT2D eigenvalue weighted by Crippen LogP contribution is 2.26. The molecule has 0 aliphatic heterocycles. The molecule has 0 spiro atoms. The zero-order valence-electron chi connectivity index (χ0n) is 12.7. The molecule has 1 aliphatic carbocycles. The van der Waals surface area contributed by atoms with E-state index in [0.717, 1.165) is 24.6 Å². The van der Waals surface area contributed by atoms with Gasteiger partial charge in [-0.05, 0) is 38.3 Å². The van der Waals surface area contributed by atoms with Crippen molar-refractivity contribution in [1.82, 2.24) is 15.3 Å². The lowest BCUT2D eigenvalue weighted by atomic mass is 10.2. The number of hydrogen-bond acceptors (Lipinski definition) is 4. The van der Waals surface area contributed by atoms with Crippen LogP contribution in [0.4, 0.5) is 11.5 Å². The minimum Gasteiger partial charge on any atom is -0.325 e. The van der Waals surface area contributed by atoms with Crippen LogP contribution in [0.5, 0.6) is 0 Å². The minimum absolute atomic E-state index is 0.700. The quantitative estimate of drug-likeness (QED) is 0.883. The van der Waals surface area contributed by atoms with Crippen molar-refractivity contribution in [3.63, 3.8) is 0 Å². The van der Waals surface area contributed by atoms with E-state index in [0.29, 0.717) is 6.04 Å². The van der Waals surface area contributed by atoms with Crippen LogP contribution in [0.25, 0.3) is 0 Å². The number of anilines is 2. The molecule has 2 aromatic rings. The number of hydrogen-bond donors (Lipinski definition) is 1. The first-order valence-corrected chi connectivity index (χ1v) is 7.65. The third-order valence-electron chi connectivity index (χ3n) is 3.84. The number of aryl methyl sites for hydroxylation is 1. The van der Waals surface area contributed by atoms with Gasteiger partial charge in [-0.25, -0.2) is 4.98 Å². The van der Waals surface area contributed by atoms with E-state index >= 15 is 0 Å². The highest BCUT2D eigenvalue weighted by molar-refractivity contribution is 5.62. The van der Waals surface area contributed by atoms with E-state index in [1.54, 1.807) is 0 Å². The molecule has 0 unspecified atom stereocenters. The van der Waals surface area contributed by atoms with Gasteiger partial charge in [-0.2, -0.15) is 0 Å². The summed E-state index contributed by atoms with van der Waals surface area (Å²) in [6.45, 7) is 5.95. The average molecular weight is 282 g/mol. The third-order valence-corrected chi connectivity index (χ3v) is 3.84. The van der Waals surface area contributed by atoms with E-state index in [4.69, 9.17) is 0 Å². The fraction of sp³-hybridized carbons (Fsp3) is 0.412. The lowest BCUT2D eigenvalue weighted by molar-refractivity contribution is 0.671. The molecule has 0 amide bonds. The second-order valence-corrected chi connectivity index (χ2v) is 5.55. The van der Waals surface area contributed by atoms with Crippen molar-refractivity contribution in [3.8, 4) is 0 Å². The molecule has 1 aromatic carbocycles. The second-order valence-electron chi connectivity index (χ2n) is 5.55. The maximum Gasteiger partial charge on any atom is 0.151 e. The van der Waals surface area contributed by atoms with E-state index in [2.05, 4.69) is 58.3 Å². The van der Waals surface area contributed by atoms with Crippen molar-refractivity contribution in [2.45, 2.75) is 39.3 Å². The maximum absolute atomic E-state index is 4.59. The van der Waals surface area contributed by atoms with E-state index in [1.807, 2.05) is 12.4 Å². The molecule has 0 saturated heterocycles. The SMILES string of the molecule is CCN(c1cnc(CNC2CC2)cn1)c1ccccc1C. The van der Waals surface area contributed by atoms with Gasteiger partial charge in [-0.1, -0.05) is 18.2 Å². The molecule has 0 radical (unpaired) electrons. The molecule has 21 heavy (non-hydrogen) atoms. The second kappa shape index (κ2) is 6.22. The highest BCUT2D eigenvalue weighted by atomic mass is 15.2. The Labute approximate surface area is 126 Å². The molecule has 1 N–H and O–H groups in total. The molecule has 0 atom stereocenters. The summed E-state index contributed by atoms with van der Waals surface area (Å²) in [4.78, 5) is 11.3. The van der Waals surface area contributed by atoms with Gasteiger partial charge in [0.15, 0.2) is 5.82 Å². The number of para-hydroxylation sites is 1. The van der Waals surface area contributed by atoms with Gasteiger partial charge < -0.3 is 10.2 Å². The standard InChI is InChI=1S/C17H22N4/c1-3-21(16-7-5-4-6-13(16)2)17-12-19-15(11-20-17)10-18-14-8-9-14/h4-7,11-12,14,18H,3,8-10H2,1-2H3. The Kier molecular flexibility index (Phi) is 4.15. The van der Waals surface area contributed by atoms with Gasteiger partial charge >= 0.3 is 0 Å². The number of benzene rings is 1. The van der Waals surface area contributed by atoms with E-state index < -0.39 is 0 Å². The van der Waals surface area contributed by atoms with Crippen molar-refractivity contribution in [2.75, 3.05) is 11.4 Å². The molecule has 1 heterocycles. The number of nitrogens with one attached hydrogen (secondary N) is 1. The molecule has 0 bridgehead atoms. The highest BCUT2D eigenvalue weighted by Gasteiger charge is 2.20. The van der Waals surface area contributed by atoms with Gasteiger partial charge in [0.2, 0.25) is 0 Å². The maximum atomic E-state index is 4.59. The number of rotatable bonds is 6. The average Bonchev–Trinajstić information content (AvgIpc) is 3.33. The molecular weight excluding hydrogens is 260 g/mol. The Bertz CT molecular complexity index is 590. The predicted octanol–water partition coefficient (Wildman–Crippen LogP) is 3.20. The Morgan fingerprint density at radius 1 is 1.19 bits per heavy atom. The van der Waals surface area contributed by atoms with Crippen LogP contribution < -0.4 is 10.2 Å². The normalized spacial score (nSPS) is 14.2. The first-order valence-electron chi connectivity index (χ1n) is 7.65. The monoisotopic (exact) mass is 282 g/mol. The van der Waals surface area contributed by atoms with Crippen LogP contribution in [0.3, 0.4) is 0 Å². The summed E-state index contributed by atoms with van der Waals surface area (Å²) in [5.41, 5.74) is 3.45. The van der Waals surface area contributed by atoms with Crippen molar-refractivity contribution < 1.29 is 0 Å². The smallest absolute Gasteiger partial charge is 0.151 e. The third kappa shape index (κ3) is 3.39. The first-order chi connectivity index (χ1) is 10.3. The first kappa shape index (κ1) is 14.0. The molecule has 1 aliphatic rings. The molecule has 1 aromatic heterocycles. The Hall–Kier alpha value is -1.94. The lowest BCUT2D eigenvalue weighted by Crippen LogP contribution is -2.20. The van der Waals surface area contributed by atoms with Crippen LogP contribution in [0.2, 0.25) is 0 Å². The fourth-order valence-electron chi connectivity index (χ4n) is 2.44. The fourth-order valence-corrected chi connectivity index (χ4v) is 2.44. The van der Waals surface area contributed by atoms with Crippen molar-refractivity contribution in [2.24, 2.45) is 0 Å². The van der Waals surface area contributed by atoms with Gasteiger partial charge in [-0.15, -0.1) is 0 Å². The topological polar surface area (TPSA) is 41.1 Å². The van der Waals surface area contributed by atoms with Crippen LogP contribution in [0.15, 0.2) is 36.7 Å². The van der Waals surface area contributed by atoms with Crippen LogP contribution in [0, 0.1) is 6.92 Å². The number of nitrogens with zero attached hydrogens (tertiary/aromatic N) is 3. The van der Waals surface area contributed by atoms with Gasteiger partial charge in [0.25, 0.3) is 0 Å². The molecule has 1 fully saturated rings. The van der Waals surface area contributed by atoms with Crippen LogP contribution in [-0.2, 0) is 6.54 Å². The number of aromatic nitrogens is 2. The zero-order valence-corrected chi connectivity index (χ0v) is 12.7. The molecule has 1 saturated carbocycles. The summed E-state index contributed by atoms with van der Waals surface area (Å²) in [6.07, 6.45) is 6.34. The van der Waals surface area contributed by atoms with Crippen LogP contribution >= 0.6 is 0 Å². The van der Waals surface area contributed by atoms with Gasteiger partial charge in [-0.3, -0.25) is 4.98 Å². The summed E-state index contributed by atoms with van der Waals surface area (Å²) in [7, 11) is 0. The zero-order chi connectivity index (χ0) is 14.7. The molecule has 4 nitrogen and oxygen atoms in total. The minimum atomic E-state index is 0.700. The molecule has 4 heteroatoms. The Balaban J connectivity index is 1.75. The van der Waals surface area contributed by atoms with E-state index in [-0.39, 0.29) is 0 Å². The van der Waals surface area contributed by atoms with Crippen molar-refractivity contribution in [3.05, 3.63) is 47.9 Å². The van der Waals surface area contributed by atoms with E-state index in [1.165, 1.54) is 24.1 Å². The lowest BCUT2D eigenvalue weighted by Gasteiger charge is -2.23. The van der Waals surface area contributed by atoms with Crippen molar-refractivity contribution >= 4 is 11.5 Å².